The molecule has 0 saturated heterocycles. The Morgan fingerprint density at radius 1 is 1.25 bits per heavy atom. The molecular weight excluding hydrogens is 230 g/mol. The number of rotatable bonds is 6. The highest BCUT2D eigenvalue weighted by atomic mass is 35.5. The maximum atomic E-state index is 9.05. The average Bonchev–Trinajstić information content (AvgIpc) is 2.25. The van der Waals surface area contributed by atoms with Gasteiger partial charge in [0.05, 0.1) is 12.6 Å². The normalized spacial score (nSPS) is 12.2. The fourth-order valence-corrected chi connectivity index (χ4v) is 1.27. The van der Waals surface area contributed by atoms with Gasteiger partial charge in [-0.15, -0.1) is 0 Å². The van der Waals surface area contributed by atoms with E-state index in [0.717, 1.165) is 6.42 Å². The van der Waals surface area contributed by atoms with Crippen molar-refractivity contribution in [1.29, 1.82) is 0 Å². The van der Waals surface area contributed by atoms with E-state index in [0.29, 0.717) is 18.4 Å². The van der Waals surface area contributed by atoms with Gasteiger partial charge in [-0.1, -0.05) is 6.92 Å². The van der Waals surface area contributed by atoms with Crippen LogP contribution >= 0.6 is 11.6 Å². The van der Waals surface area contributed by atoms with E-state index in [1.165, 1.54) is 0 Å². The molecule has 0 saturated carbocycles. The first kappa shape index (κ1) is 12.9. The van der Waals surface area contributed by atoms with E-state index in [1.807, 2.05) is 13.8 Å². The van der Waals surface area contributed by atoms with E-state index in [1.54, 1.807) is 0 Å². The number of nitrogens with zero attached hydrogens (tertiary/aromatic N) is 3. The van der Waals surface area contributed by atoms with Crippen LogP contribution in [0, 0.1) is 0 Å². The summed E-state index contributed by atoms with van der Waals surface area (Å²) >= 11 is 5.75. The lowest BCUT2D eigenvalue weighted by molar-refractivity contribution is 0.271. The minimum absolute atomic E-state index is 0.0241. The second kappa shape index (κ2) is 6.44. The van der Waals surface area contributed by atoms with Gasteiger partial charge in [-0.05, 0) is 24.9 Å². The lowest BCUT2D eigenvalue weighted by Gasteiger charge is -2.14. The summed E-state index contributed by atoms with van der Waals surface area (Å²) in [7, 11) is 0. The first-order valence-electron chi connectivity index (χ1n) is 5.22. The molecule has 1 unspecified atom stereocenters. The molecule has 0 aliphatic rings. The highest BCUT2D eigenvalue weighted by molar-refractivity contribution is 6.28. The summed E-state index contributed by atoms with van der Waals surface area (Å²) in [5.41, 5.74) is 0. The third-order valence-electron chi connectivity index (χ3n) is 1.99. The smallest absolute Gasteiger partial charge is 0.229 e. The van der Waals surface area contributed by atoms with Crippen molar-refractivity contribution in [3.8, 4) is 0 Å². The predicted molar refractivity (Wildman–Crippen MR) is 63.8 cm³/mol. The fraction of sp³-hybridized carbons (Fsp3) is 0.667. The molecule has 0 spiro atoms. The van der Waals surface area contributed by atoms with Crippen LogP contribution in [0.1, 0.15) is 20.3 Å². The van der Waals surface area contributed by atoms with Crippen LogP contribution in [0.3, 0.4) is 0 Å². The monoisotopic (exact) mass is 245 g/mol. The van der Waals surface area contributed by atoms with E-state index < -0.39 is 0 Å². The Labute approximate surface area is 99.5 Å². The van der Waals surface area contributed by atoms with E-state index >= 15 is 0 Å². The van der Waals surface area contributed by atoms with Gasteiger partial charge in [-0.25, -0.2) is 0 Å². The molecule has 6 nitrogen and oxygen atoms in total. The van der Waals surface area contributed by atoms with Crippen molar-refractivity contribution in [1.82, 2.24) is 15.0 Å². The number of anilines is 2. The molecule has 0 fully saturated rings. The Bertz CT molecular complexity index is 332. The van der Waals surface area contributed by atoms with Crippen molar-refractivity contribution in [2.24, 2.45) is 0 Å². The van der Waals surface area contributed by atoms with Crippen LogP contribution in [-0.2, 0) is 0 Å². The summed E-state index contributed by atoms with van der Waals surface area (Å²) in [6, 6.07) is -0.0760. The van der Waals surface area contributed by atoms with Gasteiger partial charge in [0.1, 0.15) is 0 Å². The molecule has 0 bridgehead atoms. The quantitative estimate of drug-likeness (QED) is 0.697. The second-order valence-corrected chi connectivity index (χ2v) is 3.55. The van der Waals surface area contributed by atoms with Crippen molar-refractivity contribution in [2.75, 3.05) is 23.8 Å². The Kier molecular flexibility index (Phi) is 5.21. The number of hydrogen-bond donors (Lipinski definition) is 3. The summed E-state index contributed by atoms with van der Waals surface area (Å²) < 4.78 is 0. The third kappa shape index (κ3) is 3.79. The highest BCUT2D eigenvalue weighted by Crippen LogP contribution is 2.10. The van der Waals surface area contributed by atoms with Gasteiger partial charge in [0, 0.05) is 6.54 Å². The third-order valence-corrected chi connectivity index (χ3v) is 2.16. The van der Waals surface area contributed by atoms with Crippen molar-refractivity contribution in [3.63, 3.8) is 0 Å². The van der Waals surface area contributed by atoms with Crippen LogP contribution in [0.25, 0.3) is 0 Å². The molecule has 1 heterocycles. The largest absolute Gasteiger partial charge is 0.394 e. The molecule has 90 valence electrons. The van der Waals surface area contributed by atoms with Crippen molar-refractivity contribution in [3.05, 3.63) is 5.28 Å². The summed E-state index contributed by atoms with van der Waals surface area (Å²) in [5.74, 6) is 0.801. The molecule has 16 heavy (non-hydrogen) atoms. The van der Waals surface area contributed by atoms with Gasteiger partial charge < -0.3 is 15.7 Å². The molecule has 7 heteroatoms. The summed E-state index contributed by atoms with van der Waals surface area (Å²) in [6.45, 7) is 4.63. The molecule has 3 N–H and O–H groups in total. The molecule has 1 rings (SSSR count). The van der Waals surface area contributed by atoms with Crippen LogP contribution in [-0.4, -0.2) is 39.3 Å². The number of nitrogens with one attached hydrogen (secondary N) is 2. The van der Waals surface area contributed by atoms with Crippen LogP contribution in [0.15, 0.2) is 0 Å². The lowest BCUT2D eigenvalue weighted by Crippen LogP contribution is -2.24. The van der Waals surface area contributed by atoms with E-state index in [9.17, 15) is 0 Å². The van der Waals surface area contributed by atoms with Crippen LogP contribution in [0.2, 0.25) is 5.28 Å². The lowest BCUT2D eigenvalue weighted by atomic mass is 10.2. The topological polar surface area (TPSA) is 83.0 Å². The number of aliphatic hydroxyl groups is 1. The van der Waals surface area contributed by atoms with Crippen molar-refractivity contribution >= 4 is 23.5 Å². The Balaban J connectivity index is 2.78. The Morgan fingerprint density at radius 3 is 2.50 bits per heavy atom. The molecule has 0 aliphatic heterocycles. The maximum absolute atomic E-state index is 9.05. The molecule has 0 aliphatic carbocycles. The van der Waals surface area contributed by atoms with Gasteiger partial charge in [-0.3, -0.25) is 0 Å². The first-order valence-corrected chi connectivity index (χ1v) is 5.60. The van der Waals surface area contributed by atoms with Crippen LogP contribution in [0.4, 0.5) is 11.9 Å². The van der Waals surface area contributed by atoms with Gasteiger partial charge in [0.25, 0.3) is 0 Å². The molecule has 0 radical (unpaired) electrons. The zero-order valence-corrected chi connectivity index (χ0v) is 10.1. The van der Waals surface area contributed by atoms with E-state index in [-0.39, 0.29) is 17.9 Å². The Morgan fingerprint density at radius 2 is 1.94 bits per heavy atom. The van der Waals surface area contributed by atoms with Gasteiger partial charge in [0.2, 0.25) is 17.2 Å². The highest BCUT2D eigenvalue weighted by Gasteiger charge is 2.08. The Hall–Kier alpha value is -1.14. The van der Waals surface area contributed by atoms with Crippen molar-refractivity contribution in [2.45, 2.75) is 26.3 Å². The zero-order chi connectivity index (χ0) is 12.0. The molecule has 1 atom stereocenters. The SMILES string of the molecule is CCNc1nc(Cl)nc(NC(CC)CO)n1. The molecule has 1 aromatic rings. The maximum Gasteiger partial charge on any atom is 0.229 e. The predicted octanol–water partition coefficient (Wildman–Crippen LogP) is 1.14. The molecule has 0 aromatic carbocycles. The minimum atomic E-state index is -0.0760. The summed E-state index contributed by atoms with van der Waals surface area (Å²) in [5, 5.41) is 15.1. The van der Waals surface area contributed by atoms with Crippen molar-refractivity contribution < 1.29 is 5.11 Å². The minimum Gasteiger partial charge on any atom is -0.394 e. The van der Waals surface area contributed by atoms with Gasteiger partial charge in [0.15, 0.2) is 0 Å². The number of halogens is 1. The van der Waals surface area contributed by atoms with E-state index in [2.05, 4.69) is 25.6 Å². The number of hydrogen-bond acceptors (Lipinski definition) is 6. The van der Waals surface area contributed by atoms with E-state index in [4.69, 9.17) is 16.7 Å². The number of aliphatic hydroxyl groups excluding tert-OH is 1. The molecule has 0 amide bonds. The zero-order valence-electron chi connectivity index (χ0n) is 9.37. The van der Waals surface area contributed by atoms with Crippen LogP contribution in [0.5, 0.6) is 0 Å². The average molecular weight is 246 g/mol. The molecular formula is C9H16ClN5O. The second-order valence-electron chi connectivity index (χ2n) is 3.21. The number of aromatic nitrogens is 3. The van der Waals surface area contributed by atoms with Gasteiger partial charge in [-0.2, -0.15) is 15.0 Å². The summed E-state index contributed by atoms with van der Waals surface area (Å²) in [6.07, 6.45) is 0.774. The van der Waals surface area contributed by atoms with Crippen LogP contribution < -0.4 is 10.6 Å². The fourth-order valence-electron chi connectivity index (χ4n) is 1.11. The first-order chi connectivity index (χ1) is 7.69. The standard InChI is InChI=1S/C9H16ClN5O/c1-3-6(5-16)12-9-14-7(10)13-8(15-9)11-4-2/h6,16H,3-5H2,1-2H3,(H2,11,12,13,14,15). The molecule has 1 aromatic heterocycles. The summed E-state index contributed by atoms with van der Waals surface area (Å²) in [4.78, 5) is 12.0. The van der Waals surface area contributed by atoms with Gasteiger partial charge >= 0.3 is 0 Å².